The van der Waals surface area contributed by atoms with Crippen molar-refractivity contribution in [3.05, 3.63) is 84.2 Å². The Labute approximate surface area is 221 Å². The third-order valence-corrected chi connectivity index (χ3v) is 7.75. The minimum Gasteiger partial charge on any atom is -0.497 e. The molecule has 0 unspecified atom stereocenters. The van der Waals surface area contributed by atoms with Crippen molar-refractivity contribution in [2.24, 2.45) is 0 Å². The predicted octanol–water partition coefficient (Wildman–Crippen LogP) is 3.20. The molecule has 3 aromatic carbocycles. The van der Waals surface area contributed by atoms with Crippen LogP contribution >= 0.6 is 0 Å². The van der Waals surface area contributed by atoms with Crippen LogP contribution in [0.25, 0.3) is 0 Å². The Bertz CT molecular complexity index is 1350. The summed E-state index contributed by atoms with van der Waals surface area (Å²) in [5.74, 6) is -0.523. The summed E-state index contributed by atoms with van der Waals surface area (Å²) in [5, 5.41) is 2.52. The van der Waals surface area contributed by atoms with Gasteiger partial charge in [-0.05, 0) is 73.2 Å². The van der Waals surface area contributed by atoms with Crippen molar-refractivity contribution >= 4 is 27.5 Å². The number of methoxy groups -OCH3 is 2. The van der Waals surface area contributed by atoms with Crippen molar-refractivity contribution in [3.63, 3.8) is 0 Å². The number of carbonyl (C=O) groups is 2. The number of sulfonamides is 1. The molecule has 0 aliphatic heterocycles. The fourth-order valence-corrected chi connectivity index (χ4v) is 5.14. The van der Waals surface area contributed by atoms with Crippen LogP contribution in [0.3, 0.4) is 0 Å². The molecule has 0 aliphatic rings. The lowest BCUT2D eigenvalue weighted by atomic mass is 10.1. The van der Waals surface area contributed by atoms with Crippen LogP contribution in [-0.4, -0.2) is 59.0 Å². The Hall–Kier alpha value is -4.12. The Morgan fingerprint density at radius 3 is 1.92 bits per heavy atom. The van der Waals surface area contributed by atoms with E-state index in [2.05, 4.69) is 5.32 Å². The minimum atomic E-state index is -4.26. The van der Waals surface area contributed by atoms with E-state index in [1.807, 2.05) is 0 Å². The second-order valence-corrected chi connectivity index (χ2v) is 10.2. The summed E-state index contributed by atoms with van der Waals surface area (Å²) < 4.78 is 52.2. The number of rotatable bonds is 11. The van der Waals surface area contributed by atoms with Gasteiger partial charge in [0.15, 0.2) is 0 Å². The number of amides is 2. The van der Waals surface area contributed by atoms with E-state index < -0.39 is 40.2 Å². The van der Waals surface area contributed by atoms with Crippen LogP contribution in [0.4, 0.5) is 10.1 Å². The number of hydrogen-bond acceptors (Lipinski definition) is 6. The van der Waals surface area contributed by atoms with E-state index in [9.17, 15) is 22.4 Å². The number of carbonyl (C=O) groups excluding carboxylic acids is 2. The second-order valence-electron chi connectivity index (χ2n) is 8.32. The highest BCUT2D eigenvalue weighted by molar-refractivity contribution is 7.92. The van der Waals surface area contributed by atoms with Crippen LogP contribution in [0.5, 0.6) is 11.5 Å². The SMILES string of the molecule is CNC(=O)[C@@H](C)N(Cc1ccc(OC)cc1)C(=O)CN(c1ccc(F)cc1)S(=O)(=O)c1ccc(OC)cc1. The zero-order valence-electron chi connectivity index (χ0n) is 21.5. The van der Waals surface area contributed by atoms with Crippen LogP contribution in [0.2, 0.25) is 0 Å². The standard InChI is InChI=1S/C27H30FN3O6S/c1-19(27(33)29-2)30(17-20-5-11-23(36-3)12-6-20)26(32)18-31(22-9-7-21(28)8-10-22)38(34,35)25-15-13-24(37-4)14-16-25/h5-16,19H,17-18H2,1-4H3,(H,29,33)/t19-/m1/s1. The van der Waals surface area contributed by atoms with Gasteiger partial charge in [0.25, 0.3) is 10.0 Å². The molecule has 3 rings (SSSR count). The van der Waals surface area contributed by atoms with Gasteiger partial charge in [-0.2, -0.15) is 0 Å². The number of ether oxygens (including phenoxy) is 2. The zero-order chi connectivity index (χ0) is 27.9. The van der Waals surface area contributed by atoms with Crippen molar-refractivity contribution < 1.29 is 31.9 Å². The van der Waals surface area contributed by atoms with E-state index in [4.69, 9.17) is 9.47 Å². The van der Waals surface area contributed by atoms with Gasteiger partial charge in [0.1, 0.15) is 29.9 Å². The number of nitrogens with one attached hydrogen (secondary N) is 1. The fraction of sp³-hybridized carbons (Fsp3) is 0.259. The summed E-state index contributed by atoms with van der Waals surface area (Å²) in [6.45, 7) is 0.967. The number of hydrogen-bond donors (Lipinski definition) is 1. The summed E-state index contributed by atoms with van der Waals surface area (Å²) >= 11 is 0. The zero-order valence-corrected chi connectivity index (χ0v) is 22.4. The van der Waals surface area contributed by atoms with Gasteiger partial charge in [0.2, 0.25) is 11.8 Å². The lowest BCUT2D eigenvalue weighted by Crippen LogP contribution is -2.50. The number of nitrogens with zero attached hydrogens (tertiary/aromatic N) is 2. The third kappa shape index (κ3) is 6.60. The molecule has 3 aromatic rings. The first-order valence-electron chi connectivity index (χ1n) is 11.7. The monoisotopic (exact) mass is 543 g/mol. The first-order valence-corrected chi connectivity index (χ1v) is 13.1. The summed E-state index contributed by atoms with van der Waals surface area (Å²) in [6, 6.07) is 16.5. The molecule has 0 saturated carbocycles. The van der Waals surface area contributed by atoms with Crippen LogP contribution in [-0.2, 0) is 26.2 Å². The number of halogens is 1. The number of anilines is 1. The maximum absolute atomic E-state index is 13.7. The van der Waals surface area contributed by atoms with E-state index in [1.54, 1.807) is 31.2 Å². The molecule has 2 amide bonds. The largest absolute Gasteiger partial charge is 0.497 e. The van der Waals surface area contributed by atoms with Gasteiger partial charge in [0, 0.05) is 13.6 Å². The highest BCUT2D eigenvalue weighted by Crippen LogP contribution is 2.26. The van der Waals surface area contributed by atoms with E-state index in [1.165, 1.54) is 62.6 Å². The van der Waals surface area contributed by atoms with Gasteiger partial charge in [-0.3, -0.25) is 13.9 Å². The van der Waals surface area contributed by atoms with Crippen molar-refractivity contribution in [2.45, 2.75) is 24.4 Å². The smallest absolute Gasteiger partial charge is 0.264 e. The van der Waals surface area contributed by atoms with Gasteiger partial charge in [-0.15, -0.1) is 0 Å². The molecule has 1 atom stereocenters. The van der Waals surface area contributed by atoms with Crippen molar-refractivity contribution in [1.29, 1.82) is 0 Å². The van der Waals surface area contributed by atoms with Gasteiger partial charge < -0.3 is 19.7 Å². The molecule has 0 aliphatic carbocycles. The van der Waals surface area contributed by atoms with E-state index in [0.29, 0.717) is 17.1 Å². The first-order chi connectivity index (χ1) is 18.1. The van der Waals surface area contributed by atoms with Crippen molar-refractivity contribution in [1.82, 2.24) is 10.2 Å². The summed E-state index contributed by atoms with van der Waals surface area (Å²) in [7, 11) is 0.179. The number of benzene rings is 3. The van der Waals surface area contributed by atoms with E-state index >= 15 is 0 Å². The molecule has 0 aromatic heterocycles. The van der Waals surface area contributed by atoms with Gasteiger partial charge in [-0.1, -0.05) is 12.1 Å². The van der Waals surface area contributed by atoms with Crippen LogP contribution < -0.4 is 19.1 Å². The highest BCUT2D eigenvalue weighted by Gasteiger charge is 2.32. The highest BCUT2D eigenvalue weighted by atomic mass is 32.2. The predicted molar refractivity (Wildman–Crippen MR) is 141 cm³/mol. The molecule has 0 heterocycles. The molecule has 0 spiro atoms. The Morgan fingerprint density at radius 2 is 1.42 bits per heavy atom. The lowest BCUT2D eigenvalue weighted by molar-refractivity contribution is -0.139. The molecule has 0 fully saturated rings. The normalized spacial score (nSPS) is 11.8. The molecular weight excluding hydrogens is 513 g/mol. The average Bonchev–Trinajstić information content (AvgIpc) is 2.94. The van der Waals surface area contributed by atoms with Crippen LogP contribution in [0.1, 0.15) is 12.5 Å². The second kappa shape index (κ2) is 12.4. The molecule has 0 saturated heterocycles. The maximum Gasteiger partial charge on any atom is 0.264 e. The lowest BCUT2D eigenvalue weighted by Gasteiger charge is -2.31. The number of likely N-dealkylation sites (N-methyl/N-ethyl adjacent to an activating group) is 1. The Morgan fingerprint density at radius 1 is 0.895 bits per heavy atom. The fourth-order valence-electron chi connectivity index (χ4n) is 3.73. The van der Waals surface area contributed by atoms with Crippen LogP contribution in [0, 0.1) is 5.82 Å². The maximum atomic E-state index is 13.7. The molecule has 1 N–H and O–H groups in total. The molecule has 9 nitrogen and oxygen atoms in total. The van der Waals surface area contributed by atoms with Crippen molar-refractivity contribution in [2.75, 3.05) is 32.1 Å². The van der Waals surface area contributed by atoms with Gasteiger partial charge >= 0.3 is 0 Å². The minimum absolute atomic E-state index is 0.0389. The summed E-state index contributed by atoms with van der Waals surface area (Å²) in [5.41, 5.74) is 0.800. The quantitative estimate of drug-likeness (QED) is 0.398. The molecular formula is C27H30FN3O6S. The van der Waals surface area contributed by atoms with Crippen LogP contribution in [0.15, 0.2) is 77.7 Å². The average molecular weight is 544 g/mol. The molecule has 11 heteroatoms. The summed E-state index contributed by atoms with van der Waals surface area (Å²) in [4.78, 5) is 27.4. The topological polar surface area (TPSA) is 105 Å². The van der Waals surface area contributed by atoms with E-state index in [0.717, 1.165) is 16.4 Å². The van der Waals surface area contributed by atoms with Gasteiger partial charge in [0.05, 0.1) is 24.8 Å². The Balaban J connectivity index is 2.01. The summed E-state index contributed by atoms with van der Waals surface area (Å²) in [6.07, 6.45) is 0. The Kier molecular flexibility index (Phi) is 9.30. The van der Waals surface area contributed by atoms with E-state index in [-0.39, 0.29) is 17.1 Å². The molecule has 0 bridgehead atoms. The molecule has 38 heavy (non-hydrogen) atoms. The van der Waals surface area contributed by atoms with Gasteiger partial charge in [-0.25, -0.2) is 12.8 Å². The van der Waals surface area contributed by atoms with Crippen molar-refractivity contribution in [3.8, 4) is 11.5 Å². The third-order valence-electron chi connectivity index (χ3n) is 5.97. The molecule has 0 radical (unpaired) electrons. The first kappa shape index (κ1) is 28.5. The molecule has 202 valence electrons.